The van der Waals surface area contributed by atoms with Gasteiger partial charge in [-0.2, -0.15) is 0 Å². The fraction of sp³-hybridized carbons (Fsp3) is 0.833. The molecular weight excluding hydrogens is 304 g/mol. The monoisotopic (exact) mass is 344 g/mol. The number of hydrogen-bond donors (Lipinski definition) is 0. The minimum atomic E-state index is 0.364. The number of ether oxygens (including phenoxy) is 1. The Kier molecular flexibility index (Phi) is 7.65. The van der Waals surface area contributed by atoms with Gasteiger partial charge in [0.1, 0.15) is 0 Å². The first-order valence-electron chi connectivity index (χ1n) is 11.2. The normalized spacial score (nSPS) is 40.2. The zero-order valence-electron chi connectivity index (χ0n) is 16.5. The smallest absolute Gasteiger partial charge is 0.0756 e. The Hall–Kier alpha value is -0.560. The summed E-state index contributed by atoms with van der Waals surface area (Å²) in [6.45, 7) is 7.10. The van der Waals surface area contributed by atoms with Crippen LogP contribution in [-0.4, -0.2) is 12.7 Å². The zero-order chi connectivity index (χ0) is 17.5. The summed E-state index contributed by atoms with van der Waals surface area (Å²) in [5.74, 6) is 4.53. The van der Waals surface area contributed by atoms with Crippen molar-refractivity contribution in [3.63, 3.8) is 0 Å². The van der Waals surface area contributed by atoms with Crippen LogP contribution in [0.5, 0.6) is 0 Å². The fourth-order valence-corrected chi connectivity index (χ4v) is 5.58. The van der Waals surface area contributed by atoms with Gasteiger partial charge in [-0.15, -0.1) is 6.58 Å². The molecule has 0 aromatic rings. The second-order valence-electron chi connectivity index (χ2n) is 9.07. The van der Waals surface area contributed by atoms with Gasteiger partial charge in [-0.3, -0.25) is 0 Å². The van der Waals surface area contributed by atoms with Crippen LogP contribution in [0.25, 0.3) is 0 Å². The van der Waals surface area contributed by atoms with Gasteiger partial charge in [0, 0.05) is 5.92 Å². The largest absolute Gasteiger partial charge is 0.374 e. The molecule has 3 aliphatic rings. The molecule has 0 amide bonds. The second-order valence-corrected chi connectivity index (χ2v) is 9.07. The minimum Gasteiger partial charge on any atom is -0.374 e. The zero-order valence-corrected chi connectivity index (χ0v) is 16.5. The summed E-state index contributed by atoms with van der Waals surface area (Å²) in [6, 6.07) is 0. The van der Waals surface area contributed by atoms with Gasteiger partial charge in [0.15, 0.2) is 0 Å². The summed E-state index contributed by atoms with van der Waals surface area (Å²) in [7, 11) is 0. The quantitative estimate of drug-likeness (QED) is 0.474. The van der Waals surface area contributed by atoms with Crippen LogP contribution in [0.3, 0.4) is 0 Å². The van der Waals surface area contributed by atoms with E-state index in [1.807, 2.05) is 0 Å². The van der Waals surface area contributed by atoms with Crippen LogP contribution < -0.4 is 0 Å². The molecule has 3 rings (SSSR count). The van der Waals surface area contributed by atoms with E-state index >= 15 is 0 Å². The molecule has 1 heterocycles. The molecule has 0 aromatic carbocycles. The highest BCUT2D eigenvalue weighted by molar-refractivity contribution is 4.98. The van der Waals surface area contributed by atoms with Crippen LogP contribution in [-0.2, 0) is 4.74 Å². The number of rotatable bonds is 6. The highest BCUT2D eigenvalue weighted by Gasteiger charge is 2.30. The number of allylic oxidation sites excluding steroid dienone is 1. The summed E-state index contributed by atoms with van der Waals surface area (Å²) in [5, 5.41) is 0. The summed E-state index contributed by atoms with van der Waals surface area (Å²) >= 11 is 0. The lowest BCUT2D eigenvalue weighted by molar-refractivity contribution is 0.0241. The molecule has 1 aliphatic heterocycles. The molecule has 1 heteroatoms. The van der Waals surface area contributed by atoms with Gasteiger partial charge in [-0.25, -0.2) is 0 Å². The van der Waals surface area contributed by atoms with E-state index in [1.54, 1.807) is 0 Å². The number of hydrogen-bond acceptors (Lipinski definition) is 1. The van der Waals surface area contributed by atoms with E-state index in [2.05, 4.69) is 31.7 Å². The van der Waals surface area contributed by atoms with Crippen molar-refractivity contribution in [2.45, 2.75) is 90.1 Å². The molecule has 0 aromatic heterocycles. The van der Waals surface area contributed by atoms with Gasteiger partial charge < -0.3 is 4.74 Å². The predicted molar refractivity (Wildman–Crippen MR) is 108 cm³/mol. The van der Waals surface area contributed by atoms with Gasteiger partial charge >= 0.3 is 0 Å². The summed E-state index contributed by atoms with van der Waals surface area (Å²) in [4.78, 5) is 0. The van der Waals surface area contributed by atoms with E-state index < -0.39 is 0 Å². The van der Waals surface area contributed by atoms with Gasteiger partial charge in [-0.05, 0) is 75.0 Å². The maximum absolute atomic E-state index is 5.96. The molecule has 142 valence electrons. The Morgan fingerprint density at radius 2 is 1.44 bits per heavy atom. The Balaban J connectivity index is 1.35. The van der Waals surface area contributed by atoms with E-state index in [0.29, 0.717) is 12.0 Å². The van der Waals surface area contributed by atoms with Crippen molar-refractivity contribution in [1.82, 2.24) is 0 Å². The molecule has 25 heavy (non-hydrogen) atoms. The Morgan fingerprint density at radius 1 is 0.800 bits per heavy atom. The first-order chi connectivity index (χ1) is 12.3. The molecule has 0 spiro atoms. The van der Waals surface area contributed by atoms with E-state index in [0.717, 1.165) is 30.3 Å². The molecule has 1 nitrogen and oxygen atoms in total. The van der Waals surface area contributed by atoms with Crippen LogP contribution in [0.15, 0.2) is 24.8 Å². The van der Waals surface area contributed by atoms with Crippen molar-refractivity contribution < 1.29 is 4.74 Å². The lowest BCUT2D eigenvalue weighted by Crippen LogP contribution is -2.26. The molecule has 0 radical (unpaired) electrons. The first-order valence-corrected chi connectivity index (χ1v) is 11.2. The molecule has 2 atom stereocenters. The second kappa shape index (κ2) is 9.95. The van der Waals surface area contributed by atoms with Crippen molar-refractivity contribution in [1.29, 1.82) is 0 Å². The van der Waals surface area contributed by atoms with Crippen molar-refractivity contribution in [3.05, 3.63) is 24.8 Å². The Morgan fingerprint density at radius 3 is 2.00 bits per heavy atom. The maximum atomic E-state index is 5.96. The third-order valence-corrected chi connectivity index (χ3v) is 7.35. The van der Waals surface area contributed by atoms with Crippen molar-refractivity contribution >= 4 is 0 Å². The molecule has 1 saturated heterocycles. The molecule has 0 N–H and O–H groups in total. The minimum absolute atomic E-state index is 0.364. The summed E-state index contributed by atoms with van der Waals surface area (Å²) in [5.41, 5.74) is 0. The van der Waals surface area contributed by atoms with Gasteiger partial charge in [0.05, 0.1) is 12.7 Å². The van der Waals surface area contributed by atoms with Crippen LogP contribution >= 0.6 is 0 Å². The van der Waals surface area contributed by atoms with Gasteiger partial charge in [0.2, 0.25) is 0 Å². The molecule has 2 saturated carbocycles. The topological polar surface area (TPSA) is 9.23 Å². The van der Waals surface area contributed by atoms with E-state index in [4.69, 9.17) is 4.74 Å². The predicted octanol–water partition coefficient (Wildman–Crippen LogP) is 6.94. The lowest BCUT2D eigenvalue weighted by atomic mass is 9.68. The molecular formula is C24H40O. The third-order valence-electron chi connectivity index (χ3n) is 7.35. The van der Waals surface area contributed by atoms with Crippen molar-refractivity contribution in [2.75, 3.05) is 6.61 Å². The highest BCUT2D eigenvalue weighted by atomic mass is 16.5. The molecule has 3 fully saturated rings. The van der Waals surface area contributed by atoms with Crippen LogP contribution in [0, 0.1) is 29.6 Å². The summed E-state index contributed by atoms with van der Waals surface area (Å²) in [6.07, 6.45) is 24.4. The van der Waals surface area contributed by atoms with Crippen molar-refractivity contribution in [3.8, 4) is 0 Å². The Labute approximate surface area is 156 Å². The van der Waals surface area contributed by atoms with E-state index in [1.165, 1.54) is 77.0 Å². The van der Waals surface area contributed by atoms with Gasteiger partial charge in [-0.1, -0.05) is 50.8 Å². The first kappa shape index (κ1) is 19.2. The van der Waals surface area contributed by atoms with Gasteiger partial charge in [0.25, 0.3) is 0 Å². The maximum Gasteiger partial charge on any atom is 0.0756 e. The van der Waals surface area contributed by atoms with E-state index in [9.17, 15) is 0 Å². The average Bonchev–Trinajstić information content (AvgIpc) is 2.68. The third kappa shape index (κ3) is 5.71. The average molecular weight is 345 g/mol. The van der Waals surface area contributed by atoms with Crippen LogP contribution in [0.2, 0.25) is 0 Å². The fourth-order valence-electron chi connectivity index (χ4n) is 5.58. The molecule has 2 aliphatic carbocycles. The summed E-state index contributed by atoms with van der Waals surface area (Å²) < 4.78 is 5.96. The SMILES string of the molecule is C=CC1CCC(/C=C/C2CCC(C3CCC(CCC)CC3)CC2)OC1. The van der Waals surface area contributed by atoms with E-state index in [-0.39, 0.29) is 0 Å². The molecule has 0 bridgehead atoms. The highest BCUT2D eigenvalue weighted by Crippen LogP contribution is 2.42. The standard InChI is InChI=1S/C24H40O/c1-3-5-20-6-12-22(13-7-20)23-14-8-21(9-15-23)11-17-24-16-10-19(4-2)18-25-24/h4,11,17,19-24H,2-3,5-10,12-16,18H2,1H3/b17-11+. The Bertz CT molecular complexity index is 402. The molecule has 2 unspecified atom stereocenters. The lowest BCUT2D eigenvalue weighted by Gasteiger charge is -2.37. The van der Waals surface area contributed by atoms with Crippen molar-refractivity contribution in [2.24, 2.45) is 29.6 Å². The van der Waals surface area contributed by atoms with Crippen LogP contribution in [0.4, 0.5) is 0 Å². The van der Waals surface area contributed by atoms with Crippen LogP contribution in [0.1, 0.15) is 84.0 Å².